The number of ether oxygens (including phenoxy) is 2. The summed E-state index contributed by atoms with van der Waals surface area (Å²) >= 11 is 0. The minimum Gasteiger partial charge on any atom is -0.434 e. The molecule has 2 aromatic rings. The number of carbonyl (C=O) groups is 1. The molecular weight excluding hydrogens is 284 g/mol. The Morgan fingerprint density at radius 3 is 2.76 bits per heavy atom. The van der Waals surface area contributed by atoms with Crippen molar-refractivity contribution in [3.8, 4) is 5.75 Å². The highest BCUT2D eigenvalue weighted by atomic mass is 32.2. The minimum atomic E-state index is -0.648. The Hall–Kier alpha value is -1.68. The summed E-state index contributed by atoms with van der Waals surface area (Å²) in [4.78, 5) is 12.8. The summed E-state index contributed by atoms with van der Waals surface area (Å²) < 4.78 is 9.97. The first-order valence-corrected chi connectivity index (χ1v) is 8.89. The van der Waals surface area contributed by atoms with Crippen molar-refractivity contribution in [2.45, 2.75) is 24.7 Å². The van der Waals surface area contributed by atoms with Crippen molar-refractivity contribution in [2.24, 2.45) is 0 Å². The summed E-state index contributed by atoms with van der Waals surface area (Å²) in [6.45, 7) is 2.08. The highest BCUT2D eigenvalue weighted by molar-refractivity contribution is 7.97. The predicted octanol–water partition coefficient (Wildman–Crippen LogP) is 4.15. The van der Waals surface area contributed by atoms with Crippen LogP contribution in [0.1, 0.15) is 19.8 Å². The monoisotopic (exact) mass is 303 g/mol. The van der Waals surface area contributed by atoms with Crippen LogP contribution in [0.4, 0.5) is 4.79 Å². The number of benzene rings is 2. The van der Waals surface area contributed by atoms with Gasteiger partial charge in [-0.05, 0) is 49.4 Å². The number of rotatable bonds is 3. The number of fused-ring (bicyclic) bond motifs is 1. The van der Waals surface area contributed by atoms with E-state index in [0.29, 0.717) is 23.3 Å². The molecule has 0 radical (unpaired) electrons. The van der Waals surface area contributed by atoms with Gasteiger partial charge in [-0.25, -0.2) is 4.79 Å². The first-order valence-electron chi connectivity index (χ1n) is 7.33. The van der Waals surface area contributed by atoms with Crippen LogP contribution in [0.15, 0.2) is 41.3 Å². The largest absolute Gasteiger partial charge is 0.513 e. The molecule has 0 bridgehead atoms. The zero-order chi connectivity index (χ0) is 14.7. The molecular formula is C17H19O3S+. The molecule has 0 unspecified atom stereocenters. The molecule has 1 saturated heterocycles. The number of hydrogen-bond acceptors (Lipinski definition) is 3. The summed E-state index contributed by atoms with van der Waals surface area (Å²) in [5, 5.41) is 2.40. The van der Waals surface area contributed by atoms with Gasteiger partial charge in [0, 0.05) is 16.3 Å². The van der Waals surface area contributed by atoms with E-state index in [2.05, 4.69) is 24.3 Å². The van der Waals surface area contributed by atoms with Gasteiger partial charge in [0.2, 0.25) is 0 Å². The van der Waals surface area contributed by atoms with Crippen LogP contribution in [0.2, 0.25) is 0 Å². The van der Waals surface area contributed by atoms with Gasteiger partial charge in [0.15, 0.2) is 4.90 Å². The van der Waals surface area contributed by atoms with Crippen LogP contribution in [0.3, 0.4) is 0 Å². The standard InChI is InChI=1S/C17H19O3S/c1-2-19-17(18)20-14-8-9-15-13(12-14)6-5-7-16(15)21-10-3-4-11-21/h5-9,12H,2-4,10-11H2,1H3/q+1. The van der Waals surface area contributed by atoms with Gasteiger partial charge in [0.05, 0.1) is 6.61 Å². The van der Waals surface area contributed by atoms with E-state index < -0.39 is 6.16 Å². The zero-order valence-corrected chi connectivity index (χ0v) is 12.9. The summed E-state index contributed by atoms with van der Waals surface area (Å²) in [5.41, 5.74) is 0. The minimum absolute atomic E-state index is 0.319. The molecule has 3 nitrogen and oxygen atoms in total. The van der Waals surface area contributed by atoms with Gasteiger partial charge in [-0.15, -0.1) is 0 Å². The molecule has 0 aromatic heterocycles. The van der Waals surface area contributed by atoms with Gasteiger partial charge in [-0.3, -0.25) is 0 Å². The quantitative estimate of drug-likeness (QED) is 0.485. The molecule has 0 atom stereocenters. The van der Waals surface area contributed by atoms with Crippen molar-refractivity contribution in [3.63, 3.8) is 0 Å². The lowest BCUT2D eigenvalue weighted by Crippen LogP contribution is -2.10. The van der Waals surface area contributed by atoms with E-state index in [1.807, 2.05) is 12.1 Å². The van der Waals surface area contributed by atoms with E-state index in [4.69, 9.17) is 9.47 Å². The summed E-state index contributed by atoms with van der Waals surface area (Å²) in [6.07, 6.45) is 2.03. The Bertz CT molecular complexity index is 648. The van der Waals surface area contributed by atoms with Gasteiger partial charge in [0.1, 0.15) is 17.3 Å². The second-order valence-electron chi connectivity index (χ2n) is 5.03. The fourth-order valence-electron chi connectivity index (χ4n) is 2.67. The van der Waals surface area contributed by atoms with Gasteiger partial charge in [-0.2, -0.15) is 0 Å². The number of hydrogen-bond donors (Lipinski definition) is 0. The van der Waals surface area contributed by atoms with Gasteiger partial charge < -0.3 is 9.47 Å². The maximum absolute atomic E-state index is 11.4. The fraction of sp³-hybridized carbons (Fsp3) is 0.353. The lowest BCUT2D eigenvalue weighted by atomic mass is 10.1. The molecule has 0 amide bonds. The van der Waals surface area contributed by atoms with Crippen molar-refractivity contribution in [1.82, 2.24) is 0 Å². The summed E-state index contributed by atoms with van der Waals surface area (Å²) in [6, 6.07) is 12.2. The van der Waals surface area contributed by atoms with Crippen LogP contribution in [0.5, 0.6) is 5.75 Å². The van der Waals surface area contributed by atoms with Crippen molar-refractivity contribution in [2.75, 3.05) is 18.1 Å². The van der Waals surface area contributed by atoms with E-state index in [9.17, 15) is 4.79 Å². The van der Waals surface area contributed by atoms with Gasteiger partial charge in [0.25, 0.3) is 0 Å². The van der Waals surface area contributed by atoms with E-state index in [0.717, 1.165) is 5.39 Å². The molecule has 2 aromatic carbocycles. The fourth-order valence-corrected chi connectivity index (χ4v) is 5.18. The van der Waals surface area contributed by atoms with Crippen LogP contribution in [0, 0.1) is 0 Å². The molecule has 110 valence electrons. The molecule has 4 heteroatoms. The molecule has 21 heavy (non-hydrogen) atoms. The number of carbonyl (C=O) groups excluding carboxylic acids is 1. The highest BCUT2D eigenvalue weighted by Gasteiger charge is 2.28. The lowest BCUT2D eigenvalue weighted by molar-refractivity contribution is 0.104. The van der Waals surface area contributed by atoms with Crippen LogP contribution in [0.25, 0.3) is 10.8 Å². The Morgan fingerprint density at radius 2 is 2.00 bits per heavy atom. The first-order chi connectivity index (χ1) is 10.3. The molecule has 3 rings (SSSR count). The Labute approximate surface area is 127 Å². The lowest BCUT2D eigenvalue weighted by Gasteiger charge is -2.08. The molecule has 0 N–H and O–H groups in total. The smallest absolute Gasteiger partial charge is 0.434 e. The van der Waals surface area contributed by atoms with Gasteiger partial charge in [-0.1, -0.05) is 12.1 Å². The predicted molar refractivity (Wildman–Crippen MR) is 86.2 cm³/mol. The average Bonchev–Trinajstić information content (AvgIpc) is 3.00. The van der Waals surface area contributed by atoms with E-state index in [1.165, 1.54) is 34.6 Å². The third-order valence-corrected chi connectivity index (χ3v) is 6.16. The zero-order valence-electron chi connectivity index (χ0n) is 12.1. The second kappa shape index (κ2) is 6.39. The molecule has 1 heterocycles. The summed E-state index contributed by atoms with van der Waals surface area (Å²) in [5.74, 6) is 3.15. The second-order valence-corrected chi connectivity index (χ2v) is 7.27. The van der Waals surface area contributed by atoms with E-state index in [1.54, 1.807) is 6.92 Å². The molecule has 0 aliphatic carbocycles. The maximum atomic E-state index is 11.4. The van der Waals surface area contributed by atoms with Crippen molar-refractivity contribution < 1.29 is 14.3 Å². The van der Waals surface area contributed by atoms with Crippen molar-refractivity contribution in [3.05, 3.63) is 36.4 Å². The van der Waals surface area contributed by atoms with Crippen LogP contribution < -0.4 is 4.74 Å². The SMILES string of the molecule is CCOC(=O)Oc1ccc2c([S+]3CCCC3)cccc2c1. The van der Waals surface area contributed by atoms with Crippen LogP contribution in [-0.2, 0) is 15.6 Å². The average molecular weight is 303 g/mol. The first kappa shape index (κ1) is 14.3. The van der Waals surface area contributed by atoms with E-state index in [-0.39, 0.29) is 0 Å². The molecule has 1 aliphatic heterocycles. The molecule has 0 saturated carbocycles. The van der Waals surface area contributed by atoms with Crippen LogP contribution >= 0.6 is 0 Å². The van der Waals surface area contributed by atoms with E-state index >= 15 is 0 Å². The van der Waals surface area contributed by atoms with Crippen molar-refractivity contribution >= 4 is 27.8 Å². The van der Waals surface area contributed by atoms with Crippen molar-refractivity contribution in [1.29, 1.82) is 0 Å². The summed E-state index contributed by atoms with van der Waals surface area (Å²) in [7, 11) is 0.382. The third-order valence-electron chi connectivity index (χ3n) is 3.62. The third kappa shape index (κ3) is 3.16. The Morgan fingerprint density at radius 1 is 1.19 bits per heavy atom. The highest BCUT2D eigenvalue weighted by Crippen LogP contribution is 2.31. The molecule has 0 spiro atoms. The Kier molecular flexibility index (Phi) is 4.34. The van der Waals surface area contributed by atoms with Gasteiger partial charge >= 0.3 is 6.16 Å². The van der Waals surface area contributed by atoms with Crippen LogP contribution in [-0.4, -0.2) is 24.3 Å². The molecule has 1 aliphatic rings. The maximum Gasteiger partial charge on any atom is 0.513 e. The topological polar surface area (TPSA) is 35.5 Å². The molecule has 1 fully saturated rings. The normalized spacial score (nSPS) is 15.3. The Balaban J connectivity index is 1.90.